The van der Waals surface area contributed by atoms with E-state index in [4.69, 9.17) is 16.3 Å². The average molecular weight is 449 g/mol. The van der Waals surface area contributed by atoms with E-state index in [1.165, 1.54) is 11.3 Å². The van der Waals surface area contributed by atoms with E-state index in [9.17, 15) is 14.7 Å². The van der Waals surface area contributed by atoms with Crippen molar-refractivity contribution in [1.82, 2.24) is 9.80 Å². The van der Waals surface area contributed by atoms with Crippen molar-refractivity contribution in [1.29, 1.82) is 0 Å². The van der Waals surface area contributed by atoms with Crippen LogP contribution in [0.15, 0.2) is 41.3 Å². The molecule has 0 radical (unpaired) electrons. The van der Waals surface area contributed by atoms with Gasteiger partial charge in [0.1, 0.15) is 11.5 Å². The lowest BCUT2D eigenvalue weighted by atomic mass is 9.99. The Morgan fingerprint density at radius 2 is 2.07 bits per heavy atom. The number of thiophene rings is 1. The van der Waals surface area contributed by atoms with Crippen LogP contribution in [0.2, 0.25) is 5.02 Å². The Kier molecular flexibility index (Phi) is 7.18. The monoisotopic (exact) mass is 448 g/mol. The maximum Gasteiger partial charge on any atom is 0.295 e. The van der Waals surface area contributed by atoms with Gasteiger partial charge in [-0.25, -0.2) is 0 Å². The first kappa shape index (κ1) is 22.3. The molecule has 6 nitrogen and oxygen atoms in total. The van der Waals surface area contributed by atoms with Crippen molar-refractivity contribution >= 4 is 40.4 Å². The molecular formula is C22H25ClN2O4S. The van der Waals surface area contributed by atoms with Gasteiger partial charge in [0.2, 0.25) is 0 Å². The zero-order valence-corrected chi connectivity index (χ0v) is 18.8. The molecule has 30 heavy (non-hydrogen) atoms. The number of amides is 1. The Labute approximate surface area is 185 Å². The number of ether oxygens (including phenoxy) is 1. The summed E-state index contributed by atoms with van der Waals surface area (Å²) >= 11 is 7.71. The predicted molar refractivity (Wildman–Crippen MR) is 119 cm³/mol. The molecule has 1 unspecified atom stereocenters. The van der Waals surface area contributed by atoms with Crippen molar-refractivity contribution in [2.24, 2.45) is 0 Å². The number of nitrogens with zero attached hydrogens (tertiary/aromatic N) is 2. The number of ketones is 1. The summed E-state index contributed by atoms with van der Waals surface area (Å²) < 4.78 is 5.43. The van der Waals surface area contributed by atoms with Gasteiger partial charge in [0.25, 0.3) is 11.7 Å². The summed E-state index contributed by atoms with van der Waals surface area (Å²) in [5.74, 6) is -1.01. The molecule has 0 aliphatic carbocycles. The normalized spacial score (nSPS) is 18.4. The zero-order chi connectivity index (χ0) is 21.8. The van der Waals surface area contributed by atoms with Gasteiger partial charge in [-0.1, -0.05) is 17.7 Å². The lowest BCUT2D eigenvalue weighted by molar-refractivity contribution is -0.139. The largest absolute Gasteiger partial charge is 0.507 e. The molecule has 1 amide bonds. The van der Waals surface area contributed by atoms with Gasteiger partial charge in [-0.15, -0.1) is 11.3 Å². The lowest BCUT2D eigenvalue weighted by Gasteiger charge is -2.24. The third-order valence-corrected chi connectivity index (χ3v) is 6.08. The molecule has 1 saturated heterocycles. The predicted octanol–water partition coefficient (Wildman–Crippen LogP) is 4.17. The van der Waals surface area contributed by atoms with Crippen LogP contribution in [-0.2, 0) is 9.59 Å². The average Bonchev–Trinajstić information content (AvgIpc) is 3.31. The van der Waals surface area contributed by atoms with E-state index in [2.05, 4.69) is 0 Å². The Morgan fingerprint density at radius 3 is 2.67 bits per heavy atom. The molecule has 1 N–H and O–H groups in total. The van der Waals surface area contributed by atoms with Crippen LogP contribution >= 0.6 is 22.9 Å². The number of aliphatic hydroxyl groups excluding tert-OH is 1. The van der Waals surface area contributed by atoms with Crippen molar-refractivity contribution in [3.05, 3.63) is 56.7 Å². The smallest absolute Gasteiger partial charge is 0.295 e. The van der Waals surface area contributed by atoms with E-state index >= 15 is 0 Å². The van der Waals surface area contributed by atoms with Crippen LogP contribution < -0.4 is 4.74 Å². The number of carbonyl (C=O) groups is 2. The topological polar surface area (TPSA) is 70.1 Å². The maximum absolute atomic E-state index is 12.9. The fraction of sp³-hybridized carbons (Fsp3) is 0.364. The number of aliphatic hydroxyl groups is 1. The quantitative estimate of drug-likeness (QED) is 0.373. The third kappa shape index (κ3) is 4.53. The summed E-state index contributed by atoms with van der Waals surface area (Å²) in [6, 6.07) is 7.96. The number of carbonyl (C=O) groups excluding carboxylic acids is 2. The SMILES string of the molecule is CCOc1ccc(C(O)=C2C(=O)C(=O)N(CCCN(C)C)C2c2cccs2)cc1Cl. The van der Waals surface area contributed by atoms with Crippen LogP contribution in [-0.4, -0.2) is 60.4 Å². The summed E-state index contributed by atoms with van der Waals surface area (Å²) in [5, 5.41) is 13.3. The van der Waals surface area contributed by atoms with E-state index in [-0.39, 0.29) is 11.3 Å². The second kappa shape index (κ2) is 9.64. The van der Waals surface area contributed by atoms with Crippen molar-refractivity contribution in [3.8, 4) is 5.75 Å². The van der Waals surface area contributed by atoms with Crippen LogP contribution in [0.1, 0.15) is 29.8 Å². The highest BCUT2D eigenvalue weighted by atomic mass is 35.5. The molecule has 3 rings (SSSR count). The Bertz CT molecular complexity index is 956. The minimum Gasteiger partial charge on any atom is -0.507 e. The van der Waals surface area contributed by atoms with E-state index < -0.39 is 17.7 Å². The highest BCUT2D eigenvalue weighted by molar-refractivity contribution is 7.10. The van der Waals surface area contributed by atoms with Crippen molar-refractivity contribution in [3.63, 3.8) is 0 Å². The fourth-order valence-electron chi connectivity index (χ4n) is 3.49. The number of Topliss-reactive ketones (excluding diaryl/α,β-unsaturated/α-hetero) is 1. The summed E-state index contributed by atoms with van der Waals surface area (Å²) in [5.41, 5.74) is 0.462. The van der Waals surface area contributed by atoms with Crippen LogP contribution in [0.4, 0.5) is 0 Å². The zero-order valence-electron chi connectivity index (χ0n) is 17.2. The van der Waals surface area contributed by atoms with Gasteiger partial charge in [0, 0.05) is 17.0 Å². The van der Waals surface area contributed by atoms with E-state index in [0.29, 0.717) is 29.5 Å². The number of hydrogen-bond donors (Lipinski definition) is 1. The third-order valence-electron chi connectivity index (χ3n) is 4.86. The van der Waals surface area contributed by atoms with Crippen molar-refractivity contribution < 1.29 is 19.4 Å². The van der Waals surface area contributed by atoms with Gasteiger partial charge in [-0.3, -0.25) is 9.59 Å². The first-order valence-corrected chi connectivity index (χ1v) is 11.0. The highest BCUT2D eigenvalue weighted by Gasteiger charge is 2.46. The van der Waals surface area contributed by atoms with Gasteiger partial charge in [-0.05, 0) is 63.6 Å². The number of benzene rings is 1. The number of rotatable bonds is 8. The van der Waals surface area contributed by atoms with Crippen LogP contribution in [0.3, 0.4) is 0 Å². The molecule has 1 aliphatic rings. The number of likely N-dealkylation sites (tertiary alicyclic amines) is 1. The van der Waals surface area contributed by atoms with Gasteiger partial charge in [0.05, 0.1) is 23.2 Å². The second-order valence-corrected chi connectivity index (χ2v) is 8.63. The first-order chi connectivity index (χ1) is 14.3. The number of hydrogen-bond acceptors (Lipinski definition) is 6. The molecule has 2 aromatic rings. The van der Waals surface area contributed by atoms with Gasteiger partial charge >= 0.3 is 0 Å². The van der Waals surface area contributed by atoms with Gasteiger partial charge in [-0.2, -0.15) is 0 Å². The lowest BCUT2D eigenvalue weighted by Crippen LogP contribution is -2.32. The molecule has 160 valence electrons. The molecular weight excluding hydrogens is 424 g/mol. The Hall–Kier alpha value is -2.35. The summed E-state index contributed by atoms with van der Waals surface area (Å²) in [6.07, 6.45) is 0.719. The van der Waals surface area contributed by atoms with Crippen molar-refractivity contribution in [2.45, 2.75) is 19.4 Å². The van der Waals surface area contributed by atoms with E-state index in [1.54, 1.807) is 23.1 Å². The second-order valence-electron chi connectivity index (χ2n) is 7.24. The summed E-state index contributed by atoms with van der Waals surface area (Å²) in [6.45, 7) is 3.52. The Balaban J connectivity index is 2.03. The standard InChI is InChI=1S/C22H25ClN2O4S/c1-4-29-16-9-8-14(13-15(16)23)20(26)18-19(17-7-5-12-30-17)25(22(28)21(18)27)11-6-10-24(2)3/h5,7-9,12-13,19,26H,4,6,10-11H2,1-3H3. The molecule has 0 spiro atoms. The molecule has 0 saturated carbocycles. The molecule has 1 atom stereocenters. The van der Waals surface area contributed by atoms with Crippen molar-refractivity contribution in [2.75, 3.05) is 33.8 Å². The number of halogens is 1. The maximum atomic E-state index is 12.9. The summed E-state index contributed by atoms with van der Waals surface area (Å²) in [4.78, 5) is 30.1. The molecule has 1 aliphatic heterocycles. The van der Waals surface area contributed by atoms with E-state index in [1.807, 2.05) is 43.4 Å². The molecule has 8 heteroatoms. The summed E-state index contributed by atoms with van der Waals surface area (Å²) in [7, 11) is 3.92. The van der Waals surface area contributed by atoms with Gasteiger partial charge < -0.3 is 19.6 Å². The van der Waals surface area contributed by atoms with Crippen LogP contribution in [0, 0.1) is 0 Å². The molecule has 1 aromatic carbocycles. The van der Waals surface area contributed by atoms with Crippen LogP contribution in [0.5, 0.6) is 5.75 Å². The van der Waals surface area contributed by atoms with E-state index in [0.717, 1.165) is 17.8 Å². The molecule has 1 aromatic heterocycles. The molecule has 1 fully saturated rings. The fourth-order valence-corrected chi connectivity index (χ4v) is 4.57. The van der Waals surface area contributed by atoms with Gasteiger partial charge in [0.15, 0.2) is 0 Å². The minimum atomic E-state index is -0.680. The highest BCUT2D eigenvalue weighted by Crippen LogP contribution is 2.41. The minimum absolute atomic E-state index is 0.0903. The first-order valence-electron chi connectivity index (χ1n) is 9.74. The van der Waals surface area contributed by atoms with Crippen LogP contribution in [0.25, 0.3) is 5.76 Å². The molecule has 0 bridgehead atoms. The molecule has 2 heterocycles. The Morgan fingerprint density at radius 1 is 1.30 bits per heavy atom.